The van der Waals surface area contributed by atoms with Gasteiger partial charge in [-0.05, 0) is 87.3 Å². The summed E-state index contributed by atoms with van der Waals surface area (Å²) in [7, 11) is 0. The number of hydrogen-bond donors (Lipinski definition) is 3. The van der Waals surface area contributed by atoms with Gasteiger partial charge in [0.1, 0.15) is 0 Å². The third kappa shape index (κ3) is 11.0. The van der Waals surface area contributed by atoms with Gasteiger partial charge in [-0.15, -0.1) is 0 Å². The SMILES string of the molecule is C.Clc1ccc(Br)cc1.OC1CCN(c2ccc(Cl)cc2)CC1.OC1CCNCC1. The maximum Gasteiger partial charge on any atom is 0.0574 e. The summed E-state index contributed by atoms with van der Waals surface area (Å²) in [5.74, 6) is 0. The number of hydrogen-bond acceptors (Lipinski definition) is 4. The molecule has 0 atom stereocenters. The van der Waals surface area contributed by atoms with E-state index >= 15 is 0 Å². The number of aliphatic hydroxyl groups is 2. The molecule has 4 nitrogen and oxygen atoms in total. The Kier molecular flexibility index (Phi) is 13.7. The van der Waals surface area contributed by atoms with Crippen molar-refractivity contribution in [3.05, 3.63) is 63.0 Å². The molecule has 0 bridgehead atoms. The van der Waals surface area contributed by atoms with E-state index < -0.39 is 0 Å². The van der Waals surface area contributed by atoms with E-state index in [9.17, 15) is 5.11 Å². The fraction of sp³-hybridized carbons (Fsp3) is 0.478. The first-order chi connectivity index (χ1) is 13.9. The van der Waals surface area contributed by atoms with E-state index in [1.807, 2.05) is 48.5 Å². The molecule has 2 heterocycles. The summed E-state index contributed by atoms with van der Waals surface area (Å²) in [6.45, 7) is 3.84. The molecule has 0 aliphatic carbocycles. The summed E-state index contributed by atoms with van der Waals surface area (Å²) < 4.78 is 1.06. The van der Waals surface area contributed by atoms with Crippen LogP contribution in [-0.2, 0) is 0 Å². The molecule has 3 N–H and O–H groups in total. The van der Waals surface area contributed by atoms with Gasteiger partial charge in [-0.3, -0.25) is 0 Å². The zero-order valence-corrected chi connectivity index (χ0v) is 19.5. The maximum absolute atomic E-state index is 9.37. The topological polar surface area (TPSA) is 55.7 Å². The van der Waals surface area contributed by atoms with Crippen LogP contribution in [0.3, 0.4) is 0 Å². The summed E-state index contributed by atoms with van der Waals surface area (Å²) in [6.07, 6.45) is 3.45. The van der Waals surface area contributed by atoms with Crippen molar-refractivity contribution in [1.82, 2.24) is 5.32 Å². The van der Waals surface area contributed by atoms with Gasteiger partial charge in [0.15, 0.2) is 0 Å². The molecular weight excluding hydrogens is 487 g/mol. The van der Waals surface area contributed by atoms with Crippen molar-refractivity contribution >= 4 is 44.8 Å². The highest BCUT2D eigenvalue weighted by molar-refractivity contribution is 9.10. The van der Waals surface area contributed by atoms with Crippen LogP contribution in [0.25, 0.3) is 0 Å². The van der Waals surface area contributed by atoms with Gasteiger partial charge in [-0.25, -0.2) is 0 Å². The van der Waals surface area contributed by atoms with E-state index in [1.54, 1.807) is 0 Å². The number of nitrogens with one attached hydrogen (secondary N) is 1. The van der Waals surface area contributed by atoms with Crippen molar-refractivity contribution in [3.63, 3.8) is 0 Å². The van der Waals surface area contributed by atoms with Crippen molar-refractivity contribution in [2.75, 3.05) is 31.1 Å². The fourth-order valence-corrected chi connectivity index (χ4v) is 3.53. The third-order valence-electron chi connectivity index (χ3n) is 4.77. The summed E-state index contributed by atoms with van der Waals surface area (Å²) in [6, 6.07) is 15.4. The molecule has 0 radical (unpaired) electrons. The molecule has 2 fully saturated rings. The third-order valence-corrected chi connectivity index (χ3v) is 5.80. The van der Waals surface area contributed by atoms with Crippen molar-refractivity contribution < 1.29 is 10.2 Å². The van der Waals surface area contributed by atoms with Crippen molar-refractivity contribution in [2.45, 2.75) is 45.3 Å². The average molecular weight is 520 g/mol. The van der Waals surface area contributed by atoms with Crippen LogP contribution < -0.4 is 10.2 Å². The van der Waals surface area contributed by atoms with Gasteiger partial charge >= 0.3 is 0 Å². The Morgan fingerprint density at radius 2 is 1.20 bits per heavy atom. The summed E-state index contributed by atoms with van der Waals surface area (Å²) >= 11 is 14.7. The first-order valence-electron chi connectivity index (χ1n) is 9.92. The standard InChI is InChI=1S/C11H14ClNO.C6H4BrCl.C5H11NO.CH4/c12-9-1-3-10(4-2-9)13-7-5-11(14)6-8-13;7-5-1-3-6(8)4-2-5;7-5-1-3-6-4-2-5;/h1-4,11,14H,5-8H2;1-4H;5-7H,1-4H2;1H4. The zero-order chi connectivity index (χ0) is 21.1. The highest BCUT2D eigenvalue weighted by atomic mass is 79.9. The second-order valence-electron chi connectivity index (χ2n) is 7.11. The number of rotatable bonds is 1. The van der Waals surface area contributed by atoms with Crippen LogP contribution in [-0.4, -0.2) is 48.6 Å². The van der Waals surface area contributed by atoms with Crippen molar-refractivity contribution in [3.8, 4) is 0 Å². The molecule has 0 amide bonds. The Bertz CT molecular complexity index is 666. The van der Waals surface area contributed by atoms with Gasteiger partial charge in [0.25, 0.3) is 0 Å². The van der Waals surface area contributed by atoms with Crippen LogP contribution >= 0.6 is 39.1 Å². The number of benzene rings is 2. The Morgan fingerprint density at radius 1 is 0.767 bits per heavy atom. The van der Waals surface area contributed by atoms with Crippen LogP contribution in [0, 0.1) is 0 Å². The summed E-state index contributed by atoms with van der Waals surface area (Å²) in [4.78, 5) is 2.28. The van der Waals surface area contributed by atoms with Crippen LogP contribution in [0.2, 0.25) is 10.0 Å². The van der Waals surface area contributed by atoms with Crippen LogP contribution in [0.4, 0.5) is 5.69 Å². The summed E-state index contributed by atoms with van der Waals surface area (Å²) in [5.41, 5.74) is 1.20. The monoisotopic (exact) mass is 518 g/mol. The molecule has 4 rings (SSSR count). The van der Waals surface area contributed by atoms with E-state index in [0.717, 1.165) is 66.4 Å². The van der Waals surface area contributed by atoms with Gasteiger partial charge < -0.3 is 20.4 Å². The van der Waals surface area contributed by atoms with E-state index in [0.29, 0.717) is 0 Å². The highest BCUT2D eigenvalue weighted by Gasteiger charge is 2.16. The normalized spacial score (nSPS) is 17.0. The minimum atomic E-state index is -0.112. The van der Waals surface area contributed by atoms with E-state index in [4.69, 9.17) is 28.3 Å². The number of nitrogens with zero attached hydrogens (tertiary/aromatic N) is 1. The lowest BCUT2D eigenvalue weighted by Crippen LogP contribution is -2.35. The highest BCUT2D eigenvalue weighted by Crippen LogP contribution is 2.21. The Balaban J connectivity index is 0.000000241. The van der Waals surface area contributed by atoms with E-state index in [2.05, 4.69) is 26.1 Å². The first-order valence-corrected chi connectivity index (χ1v) is 11.5. The minimum absolute atomic E-state index is 0. The predicted octanol–water partition coefficient (Wildman–Crippen LogP) is 5.77. The quantitative estimate of drug-likeness (QED) is 0.447. The second-order valence-corrected chi connectivity index (χ2v) is 8.90. The van der Waals surface area contributed by atoms with Crippen LogP contribution in [0.15, 0.2) is 53.0 Å². The van der Waals surface area contributed by atoms with Crippen LogP contribution in [0.5, 0.6) is 0 Å². The van der Waals surface area contributed by atoms with E-state index in [1.165, 1.54) is 5.69 Å². The molecular formula is C23H33BrCl2N2O2. The van der Waals surface area contributed by atoms with Crippen molar-refractivity contribution in [2.24, 2.45) is 0 Å². The average Bonchev–Trinajstić information content (AvgIpc) is 2.73. The maximum atomic E-state index is 9.37. The summed E-state index contributed by atoms with van der Waals surface area (Å²) in [5, 5.41) is 22.9. The molecule has 2 aromatic rings. The number of halogens is 3. The fourth-order valence-electron chi connectivity index (χ4n) is 3.01. The molecule has 2 aliphatic rings. The van der Waals surface area contributed by atoms with Crippen LogP contribution in [0.1, 0.15) is 33.1 Å². The molecule has 30 heavy (non-hydrogen) atoms. The van der Waals surface area contributed by atoms with E-state index in [-0.39, 0.29) is 19.6 Å². The molecule has 7 heteroatoms. The zero-order valence-electron chi connectivity index (χ0n) is 16.4. The van der Waals surface area contributed by atoms with Gasteiger partial charge in [0.05, 0.1) is 12.2 Å². The Morgan fingerprint density at radius 3 is 1.60 bits per heavy atom. The van der Waals surface area contributed by atoms with Gasteiger partial charge in [-0.1, -0.05) is 46.6 Å². The first kappa shape index (κ1) is 27.2. The molecule has 0 aromatic heterocycles. The number of aliphatic hydroxyl groups excluding tert-OH is 2. The number of piperidine rings is 2. The molecule has 2 aliphatic heterocycles. The second kappa shape index (κ2) is 15.1. The Hall–Kier alpha value is -0.820. The minimum Gasteiger partial charge on any atom is -0.393 e. The molecule has 2 saturated heterocycles. The molecule has 2 aromatic carbocycles. The molecule has 0 spiro atoms. The largest absolute Gasteiger partial charge is 0.393 e. The van der Waals surface area contributed by atoms with Gasteiger partial charge in [0.2, 0.25) is 0 Å². The smallest absolute Gasteiger partial charge is 0.0574 e. The number of anilines is 1. The molecule has 0 unspecified atom stereocenters. The van der Waals surface area contributed by atoms with Gasteiger partial charge in [0, 0.05) is 33.3 Å². The van der Waals surface area contributed by atoms with Crippen molar-refractivity contribution in [1.29, 1.82) is 0 Å². The lowest BCUT2D eigenvalue weighted by Gasteiger charge is -2.31. The predicted molar refractivity (Wildman–Crippen MR) is 133 cm³/mol. The van der Waals surface area contributed by atoms with Gasteiger partial charge in [-0.2, -0.15) is 0 Å². The molecule has 168 valence electrons. The molecule has 0 saturated carbocycles. The lowest BCUT2D eigenvalue weighted by atomic mass is 10.1. The lowest BCUT2D eigenvalue weighted by molar-refractivity contribution is 0.137. The Labute approximate surface area is 199 Å².